The number of nitrogens with one attached hydrogen (secondary N) is 1. The molecule has 5 nitrogen and oxygen atoms in total. The van der Waals surface area contributed by atoms with Crippen molar-refractivity contribution < 1.29 is 12.8 Å². The van der Waals surface area contributed by atoms with Gasteiger partial charge in [-0.2, -0.15) is 0 Å². The second-order valence-corrected chi connectivity index (χ2v) is 7.25. The predicted octanol–water partition coefficient (Wildman–Crippen LogP) is 1.17. The van der Waals surface area contributed by atoms with Gasteiger partial charge < -0.3 is 10.6 Å². The molecule has 1 aromatic carbocycles. The summed E-state index contributed by atoms with van der Waals surface area (Å²) < 4.78 is 40.1. The minimum Gasteiger partial charge on any atom is -0.396 e. The summed E-state index contributed by atoms with van der Waals surface area (Å²) in [6.07, 6.45) is 3.03. The van der Waals surface area contributed by atoms with E-state index in [-0.39, 0.29) is 16.1 Å². The van der Waals surface area contributed by atoms with Crippen LogP contribution in [0.25, 0.3) is 0 Å². The molecule has 0 aliphatic heterocycles. The summed E-state index contributed by atoms with van der Waals surface area (Å²) in [5.41, 5.74) is 5.13. The van der Waals surface area contributed by atoms with Gasteiger partial charge in [0.15, 0.2) is 0 Å². The second-order valence-electron chi connectivity index (χ2n) is 5.48. The molecule has 0 bridgehead atoms. The molecule has 1 saturated carbocycles. The highest BCUT2D eigenvalue weighted by Gasteiger charge is 2.39. The predicted molar refractivity (Wildman–Crippen MR) is 76.3 cm³/mol. The van der Waals surface area contributed by atoms with E-state index in [0.717, 1.165) is 31.4 Å². The van der Waals surface area contributed by atoms with Gasteiger partial charge in [0.05, 0.1) is 10.6 Å². The molecule has 1 aliphatic carbocycles. The molecule has 0 aromatic heterocycles. The maximum atomic E-state index is 13.1. The average molecular weight is 301 g/mol. The van der Waals surface area contributed by atoms with Crippen molar-refractivity contribution in [2.45, 2.75) is 29.7 Å². The van der Waals surface area contributed by atoms with E-state index in [4.69, 9.17) is 5.73 Å². The second kappa shape index (κ2) is 5.31. The van der Waals surface area contributed by atoms with Crippen LogP contribution in [0, 0.1) is 5.82 Å². The molecule has 7 heteroatoms. The summed E-state index contributed by atoms with van der Waals surface area (Å²) in [5.74, 6) is -0.618. The molecule has 0 spiro atoms. The van der Waals surface area contributed by atoms with Gasteiger partial charge in [0.1, 0.15) is 5.82 Å². The number of hydrogen-bond acceptors (Lipinski definition) is 4. The van der Waals surface area contributed by atoms with Gasteiger partial charge in [0.2, 0.25) is 10.0 Å². The normalized spacial score (nSPS) is 18.0. The van der Waals surface area contributed by atoms with Crippen LogP contribution in [-0.4, -0.2) is 39.5 Å². The number of hydrogen-bond donors (Lipinski definition) is 2. The number of nitrogen functional groups attached to an aromatic ring is 1. The zero-order valence-corrected chi connectivity index (χ0v) is 12.5. The van der Waals surface area contributed by atoms with E-state index in [9.17, 15) is 12.8 Å². The number of nitrogens with two attached hydrogens (primary N) is 1. The zero-order valence-electron chi connectivity index (χ0n) is 11.7. The van der Waals surface area contributed by atoms with Crippen LogP contribution in [0.5, 0.6) is 0 Å². The maximum absolute atomic E-state index is 13.1. The van der Waals surface area contributed by atoms with Gasteiger partial charge in [-0.1, -0.05) is 0 Å². The lowest BCUT2D eigenvalue weighted by Crippen LogP contribution is -2.57. The van der Waals surface area contributed by atoms with Gasteiger partial charge in [-0.25, -0.2) is 17.5 Å². The van der Waals surface area contributed by atoms with Crippen LogP contribution < -0.4 is 10.5 Å². The molecule has 20 heavy (non-hydrogen) atoms. The van der Waals surface area contributed by atoms with Gasteiger partial charge in [-0.15, -0.1) is 0 Å². The summed E-state index contributed by atoms with van der Waals surface area (Å²) in [5, 5.41) is 0. The van der Waals surface area contributed by atoms with Crippen molar-refractivity contribution in [2.24, 2.45) is 0 Å². The molecule has 0 radical (unpaired) electrons. The molecule has 1 aromatic rings. The number of likely N-dealkylation sites (N-methyl/N-ethyl adjacent to an activating group) is 1. The molecule has 0 saturated heterocycles. The highest BCUT2D eigenvalue weighted by molar-refractivity contribution is 7.89. The Morgan fingerprint density at radius 1 is 1.40 bits per heavy atom. The molecule has 0 unspecified atom stereocenters. The van der Waals surface area contributed by atoms with Crippen molar-refractivity contribution >= 4 is 15.7 Å². The molecule has 1 aliphatic rings. The van der Waals surface area contributed by atoms with Crippen LogP contribution in [0.2, 0.25) is 0 Å². The molecule has 0 heterocycles. The van der Waals surface area contributed by atoms with E-state index in [1.165, 1.54) is 6.07 Å². The maximum Gasteiger partial charge on any atom is 0.240 e. The van der Waals surface area contributed by atoms with Crippen molar-refractivity contribution in [1.29, 1.82) is 0 Å². The van der Waals surface area contributed by atoms with E-state index >= 15 is 0 Å². The zero-order chi connectivity index (χ0) is 15.0. The summed E-state index contributed by atoms with van der Waals surface area (Å²) in [6, 6.07) is 3.42. The molecule has 0 atom stereocenters. The number of sulfonamides is 1. The van der Waals surface area contributed by atoms with Crippen molar-refractivity contribution in [3.63, 3.8) is 0 Å². The monoisotopic (exact) mass is 301 g/mol. The van der Waals surface area contributed by atoms with Gasteiger partial charge in [0, 0.05) is 12.1 Å². The summed E-state index contributed by atoms with van der Waals surface area (Å²) >= 11 is 0. The van der Waals surface area contributed by atoms with Crippen LogP contribution in [0.3, 0.4) is 0 Å². The number of anilines is 1. The fourth-order valence-corrected chi connectivity index (χ4v) is 3.52. The Kier molecular flexibility index (Phi) is 4.04. The van der Waals surface area contributed by atoms with Crippen molar-refractivity contribution in [3.05, 3.63) is 24.0 Å². The Hall–Kier alpha value is -1.18. The fourth-order valence-electron chi connectivity index (χ4n) is 2.37. The third-order valence-corrected chi connectivity index (χ3v) is 5.50. The summed E-state index contributed by atoms with van der Waals surface area (Å²) in [4.78, 5) is 2.04. The molecular formula is C13H20FN3O2S. The van der Waals surface area contributed by atoms with Crippen molar-refractivity contribution in [1.82, 2.24) is 9.62 Å². The first-order valence-electron chi connectivity index (χ1n) is 6.49. The molecule has 2 rings (SSSR count). The minimum absolute atomic E-state index is 0.00960. The smallest absolute Gasteiger partial charge is 0.240 e. The lowest BCUT2D eigenvalue weighted by molar-refractivity contribution is 0.0657. The SMILES string of the molecule is CN(C)C1(CNS(=O)(=O)c2ccc(F)c(N)c2)CCC1. The van der Waals surface area contributed by atoms with E-state index in [1.54, 1.807) is 0 Å². The lowest BCUT2D eigenvalue weighted by Gasteiger charge is -2.47. The number of halogens is 1. The summed E-state index contributed by atoms with van der Waals surface area (Å²) in [6.45, 7) is 0.347. The van der Waals surface area contributed by atoms with E-state index in [1.807, 2.05) is 14.1 Å². The molecule has 0 amide bonds. The number of benzene rings is 1. The van der Waals surface area contributed by atoms with Gasteiger partial charge in [-0.05, 0) is 51.6 Å². The van der Waals surface area contributed by atoms with E-state index < -0.39 is 15.8 Å². The molecule has 112 valence electrons. The van der Waals surface area contributed by atoms with Gasteiger partial charge in [-0.3, -0.25) is 0 Å². The Bertz CT molecular complexity index is 598. The number of rotatable bonds is 5. The standard InChI is InChI=1S/C13H20FN3O2S/c1-17(2)13(6-3-7-13)9-16-20(18,19)10-4-5-11(14)12(15)8-10/h4-5,8,16H,3,6-7,9,15H2,1-2H3. The minimum atomic E-state index is -3.67. The van der Waals surface area contributed by atoms with Crippen LogP contribution >= 0.6 is 0 Å². The van der Waals surface area contributed by atoms with Gasteiger partial charge >= 0.3 is 0 Å². The van der Waals surface area contributed by atoms with Gasteiger partial charge in [0.25, 0.3) is 0 Å². The summed E-state index contributed by atoms with van der Waals surface area (Å²) in [7, 11) is 0.230. The molecule has 3 N–H and O–H groups in total. The molecule has 1 fully saturated rings. The van der Waals surface area contributed by atoms with Crippen molar-refractivity contribution in [2.75, 3.05) is 26.4 Å². The first-order chi connectivity index (χ1) is 9.27. The lowest BCUT2D eigenvalue weighted by atomic mass is 9.76. The first-order valence-corrected chi connectivity index (χ1v) is 7.97. The Morgan fingerprint density at radius 2 is 2.05 bits per heavy atom. The number of nitrogens with zero attached hydrogens (tertiary/aromatic N) is 1. The quantitative estimate of drug-likeness (QED) is 0.801. The van der Waals surface area contributed by atoms with E-state index in [2.05, 4.69) is 9.62 Å². The average Bonchev–Trinajstić information content (AvgIpc) is 2.30. The fraction of sp³-hybridized carbons (Fsp3) is 0.538. The van der Waals surface area contributed by atoms with Crippen LogP contribution in [-0.2, 0) is 10.0 Å². The molecular weight excluding hydrogens is 281 g/mol. The van der Waals surface area contributed by atoms with Crippen LogP contribution in [0.1, 0.15) is 19.3 Å². The van der Waals surface area contributed by atoms with Crippen LogP contribution in [0.15, 0.2) is 23.1 Å². The van der Waals surface area contributed by atoms with Crippen LogP contribution in [0.4, 0.5) is 10.1 Å². The Balaban J connectivity index is 2.13. The third-order valence-electron chi connectivity index (χ3n) is 4.10. The van der Waals surface area contributed by atoms with Crippen molar-refractivity contribution in [3.8, 4) is 0 Å². The Labute approximate surface area is 119 Å². The largest absolute Gasteiger partial charge is 0.396 e. The highest BCUT2D eigenvalue weighted by Crippen LogP contribution is 2.35. The highest BCUT2D eigenvalue weighted by atomic mass is 32.2. The topological polar surface area (TPSA) is 75.4 Å². The first kappa shape index (κ1) is 15.2. The third kappa shape index (κ3) is 2.79. The van der Waals surface area contributed by atoms with E-state index in [0.29, 0.717) is 6.54 Å². The Morgan fingerprint density at radius 3 is 2.50 bits per heavy atom.